The summed E-state index contributed by atoms with van der Waals surface area (Å²) in [6, 6.07) is 8.24. The Bertz CT molecular complexity index is 584. The maximum Gasteiger partial charge on any atom is 0.145 e. The highest BCUT2D eigenvalue weighted by molar-refractivity contribution is 6.42. The van der Waals surface area contributed by atoms with Gasteiger partial charge in [0.2, 0.25) is 0 Å². The molecule has 1 aromatic heterocycles. The molecule has 2 rings (SSSR count). The van der Waals surface area contributed by atoms with Crippen molar-refractivity contribution in [2.24, 2.45) is 5.73 Å². The van der Waals surface area contributed by atoms with E-state index >= 15 is 0 Å². The topological polar surface area (TPSA) is 72.0 Å². The van der Waals surface area contributed by atoms with Crippen LogP contribution in [0.1, 0.15) is 5.69 Å². The molecule has 2 aromatic rings. The molecule has 0 bridgehead atoms. The molecule has 3 N–H and O–H groups in total. The number of hydrogen-bond donors (Lipinski definition) is 2. The number of nitrogen functional groups attached to an aromatic ring is 1. The van der Waals surface area contributed by atoms with Gasteiger partial charge in [-0.25, -0.2) is 4.98 Å². The van der Waals surface area contributed by atoms with Gasteiger partial charge in [0.05, 0.1) is 16.2 Å². The minimum absolute atomic E-state index is 0.0870. The Morgan fingerprint density at radius 2 is 1.83 bits per heavy atom. The summed E-state index contributed by atoms with van der Waals surface area (Å²) in [7, 11) is 0. The van der Waals surface area contributed by atoms with Crippen LogP contribution in [0.15, 0.2) is 36.5 Å². The summed E-state index contributed by atoms with van der Waals surface area (Å²) in [5.41, 5.74) is 5.70. The molecule has 0 saturated heterocycles. The zero-order valence-electron chi connectivity index (χ0n) is 9.15. The quantitative estimate of drug-likeness (QED) is 0.668. The Hall–Kier alpha value is -1.78. The number of ether oxygens (including phenoxy) is 1. The normalized spacial score (nSPS) is 10.1. The summed E-state index contributed by atoms with van der Waals surface area (Å²) in [5, 5.41) is 8.11. The van der Waals surface area contributed by atoms with Crippen molar-refractivity contribution in [3.63, 3.8) is 0 Å². The Labute approximate surface area is 114 Å². The van der Waals surface area contributed by atoms with E-state index in [1.165, 1.54) is 6.20 Å². The molecule has 0 fully saturated rings. The van der Waals surface area contributed by atoms with Crippen molar-refractivity contribution >= 4 is 29.0 Å². The average molecular weight is 282 g/mol. The number of hydrogen-bond acceptors (Lipinski definition) is 3. The molecule has 0 saturated carbocycles. The fraction of sp³-hybridized carbons (Fsp3) is 0. The van der Waals surface area contributed by atoms with Crippen molar-refractivity contribution in [1.82, 2.24) is 4.98 Å². The number of amidine groups is 1. The van der Waals surface area contributed by atoms with Gasteiger partial charge >= 0.3 is 0 Å². The average Bonchev–Trinajstić information content (AvgIpc) is 2.34. The van der Waals surface area contributed by atoms with Crippen molar-refractivity contribution in [3.05, 3.63) is 52.3 Å². The first-order chi connectivity index (χ1) is 8.56. The Morgan fingerprint density at radius 1 is 1.11 bits per heavy atom. The minimum atomic E-state index is -0.0870. The van der Waals surface area contributed by atoms with Gasteiger partial charge in [0.15, 0.2) is 0 Å². The molecule has 1 aromatic carbocycles. The van der Waals surface area contributed by atoms with E-state index < -0.39 is 0 Å². The zero-order chi connectivity index (χ0) is 13.1. The highest BCUT2D eigenvalue weighted by Crippen LogP contribution is 2.29. The lowest BCUT2D eigenvalue weighted by Gasteiger charge is -2.06. The standard InChI is InChI=1S/C12H9Cl2N3O/c13-9-3-1-7(5-10(9)14)18-8-2-4-11(12(15)16)17-6-8/h1-6H,(H3,15,16). The zero-order valence-corrected chi connectivity index (χ0v) is 10.7. The third kappa shape index (κ3) is 2.91. The molecule has 0 unspecified atom stereocenters. The highest BCUT2D eigenvalue weighted by atomic mass is 35.5. The van der Waals surface area contributed by atoms with Crippen LogP contribution in [-0.4, -0.2) is 10.8 Å². The van der Waals surface area contributed by atoms with Crippen molar-refractivity contribution in [2.75, 3.05) is 0 Å². The fourth-order valence-corrected chi connectivity index (χ4v) is 1.56. The van der Waals surface area contributed by atoms with E-state index in [9.17, 15) is 0 Å². The maximum absolute atomic E-state index is 7.22. The van der Waals surface area contributed by atoms with E-state index in [-0.39, 0.29) is 5.84 Å². The highest BCUT2D eigenvalue weighted by Gasteiger charge is 2.03. The van der Waals surface area contributed by atoms with Crippen LogP contribution in [-0.2, 0) is 0 Å². The Kier molecular flexibility index (Phi) is 3.69. The summed E-state index contributed by atoms with van der Waals surface area (Å²) in [6.07, 6.45) is 1.49. The smallest absolute Gasteiger partial charge is 0.145 e. The lowest BCUT2D eigenvalue weighted by molar-refractivity contribution is 0.480. The van der Waals surface area contributed by atoms with Gasteiger partial charge < -0.3 is 10.5 Å². The van der Waals surface area contributed by atoms with Crippen LogP contribution < -0.4 is 10.5 Å². The van der Waals surface area contributed by atoms with E-state index in [1.807, 2.05) is 0 Å². The molecule has 0 amide bonds. The fourth-order valence-electron chi connectivity index (χ4n) is 1.28. The van der Waals surface area contributed by atoms with E-state index in [0.29, 0.717) is 27.2 Å². The number of pyridine rings is 1. The third-order valence-electron chi connectivity index (χ3n) is 2.14. The van der Waals surface area contributed by atoms with Crippen molar-refractivity contribution < 1.29 is 4.74 Å². The molecule has 0 spiro atoms. The van der Waals surface area contributed by atoms with Crippen LogP contribution in [0.3, 0.4) is 0 Å². The predicted octanol–water partition coefficient (Wildman–Crippen LogP) is 3.46. The number of rotatable bonds is 3. The summed E-state index contributed by atoms with van der Waals surface area (Å²) >= 11 is 11.7. The molecule has 0 aliphatic carbocycles. The third-order valence-corrected chi connectivity index (χ3v) is 2.88. The van der Waals surface area contributed by atoms with E-state index in [1.54, 1.807) is 30.3 Å². The molecule has 1 heterocycles. The van der Waals surface area contributed by atoms with Crippen LogP contribution in [0.2, 0.25) is 10.0 Å². The number of nitrogens with zero attached hydrogens (tertiary/aromatic N) is 1. The SMILES string of the molecule is N=C(N)c1ccc(Oc2ccc(Cl)c(Cl)c2)cn1. The second-order valence-electron chi connectivity index (χ2n) is 3.47. The van der Waals surface area contributed by atoms with Gasteiger partial charge in [0, 0.05) is 6.07 Å². The number of nitrogens with two attached hydrogens (primary N) is 1. The molecule has 4 nitrogen and oxygen atoms in total. The Balaban J connectivity index is 2.18. The number of halogens is 2. The molecule has 18 heavy (non-hydrogen) atoms. The van der Waals surface area contributed by atoms with E-state index in [0.717, 1.165) is 0 Å². The molecule has 0 aliphatic rings. The summed E-state index contributed by atoms with van der Waals surface area (Å²) in [6.45, 7) is 0. The lowest BCUT2D eigenvalue weighted by Crippen LogP contribution is -2.12. The Morgan fingerprint density at radius 3 is 2.39 bits per heavy atom. The van der Waals surface area contributed by atoms with Gasteiger partial charge in [0.1, 0.15) is 23.0 Å². The molecule has 0 radical (unpaired) electrons. The summed E-state index contributed by atoms with van der Waals surface area (Å²) < 4.78 is 5.53. The summed E-state index contributed by atoms with van der Waals surface area (Å²) in [5.74, 6) is 0.997. The van der Waals surface area contributed by atoms with Crippen molar-refractivity contribution in [2.45, 2.75) is 0 Å². The first-order valence-electron chi connectivity index (χ1n) is 4.99. The van der Waals surface area contributed by atoms with Crippen LogP contribution in [0.5, 0.6) is 11.5 Å². The number of benzene rings is 1. The van der Waals surface area contributed by atoms with Gasteiger partial charge in [-0.2, -0.15) is 0 Å². The van der Waals surface area contributed by atoms with Gasteiger partial charge in [0.25, 0.3) is 0 Å². The van der Waals surface area contributed by atoms with Crippen LogP contribution in [0.25, 0.3) is 0 Å². The summed E-state index contributed by atoms with van der Waals surface area (Å²) in [4.78, 5) is 3.98. The molecule has 0 atom stereocenters. The van der Waals surface area contributed by atoms with Crippen LogP contribution in [0.4, 0.5) is 0 Å². The van der Waals surface area contributed by atoms with Gasteiger partial charge in [-0.05, 0) is 24.3 Å². The molecule has 0 aliphatic heterocycles. The first-order valence-corrected chi connectivity index (χ1v) is 5.75. The monoisotopic (exact) mass is 281 g/mol. The number of nitrogens with one attached hydrogen (secondary N) is 1. The minimum Gasteiger partial charge on any atom is -0.456 e. The second-order valence-corrected chi connectivity index (χ2v) is 4.29. The van der Waals surface area contributed by atoms with E-state index in [2.05, 4.69) is 4.98 Å². The van der Waals surface area contributed by atoms with Gasteiger partial charge in [-0.15, -0.1) is 0 Å². The predicted molar refractivity (Wildman–Crippen MR) is 71.8 cm³/mol. The number of aromatic nitrogens is 1. The van der Waals surface area contributed by atoms with Crippen LogP contribution >= 0.6 is 23.2 Å². The first kappa shape index (κ1) is 12.7. The van der Waals surface area contributed by atoms with Gasteiger partial charge in [-0.1, -0.05) is 23.2 Å². The lowest BCUT2D eigenvalue weighted by atomic mass is 10.3. The van der Waals surface area contributed by atoms with Gasteiger partial charge in [-0.3, -0.25) is 5.41 Å². The molecular weight excluding hydrogens is 273 g/mol. The van der Waals surface area contributed by atoms with E-state index in [4.69, 9.17) is 39.1 Å². The van der Waals surface area contributed by atoms with Crippen molar-refractivity contribution in [1.29, 1.82) is 5.41 Å². The second kappa shape index (κ2) is 5.25. The van der Waals surface area contributed by atoms with Crippen molar-refractivity contribution in [3.8, 4) is 11.5 Å². The van der Waals surface area contributed by atoms with Crippen LogP contribution in [0, 0.1) is 5.41 Å². The molecule has 92 valence electrons. The molecular formula is C12H9Cl2N3O. The largest absolute Gasteiger partial charge is 0.456 e. The maximum atomic E-state index is 7.22. The molecule has 6 heteroatoms.